The molecular formula is C22H37OP. The summed E-state index contributed by atoms with van der Waals surface area (Å²) in [5, 5.41) is 0. The molecule has 0 amide bonds. The van der Waals surface area contributed by atoms with Gasteiger partial charge in [0.1, 0.15) is 0 Å². The molecule has 0 radical (unpaired) electrons. The maximum absolute atomic E-state index is 13.3. The van der Waals surface area contributed by atoms with Gasteiger partial charge in [0.25, 0.3) is 0 Å². The molecule has 0 saturated heterocycles. The van der Waals surface area contributed by atoms with E-state index in [4.69, 9.17) is 0 Å². The second-order valence-electron chi connectivity index (χ2n) is 6.95. The van der Waals surface area contributed by atoms with E-state index in [1.807, 2.05) is 6.07 Å². The Balaban J connectivity index is 2.43. The molecule has 1 aromatic carbocycles. The first-order chi connectivity index (χ1) is 11.7. The molecular weight excluding hydrogens is 311 g/mol. The summed E-state index contributed by atoms with van der Waals surface area (Å²) < 4.78 is 13.3. The summed E-state index contributed by atoms with van der Waals surface area (Å²) in [6.07, 6.45) is 18.0. The van der Waals surface area contributed by atoms with Gasteiger partial charge in [0.15, 0.2) is 0 Å². The molecule has 0 unspecified atom stereocenters. The predicted molar refractivity (Wildman–Crippen MR) is 111 cm³/mol. The van der Waals surface area contributed by atoms with Crippen LogP contribution < -0.4 is 0 Å². The third-order valence-corrected chi connectivity index (χ3v) is 7.99. The molecule has 1 rings (SSSR count). The zero-order valence-corrected chi connectivity index (χ0v) is 16.8. The van der Waals surface area contributed by atoms with Crippen LogP contribution in [0.1, 0.15) is 77.2 Å². The molecule has 0 aliphatic heterocycles. The van der Waals surface area contributed by atoms with Crippen molar-refractivity contribution in [3.63, 3.8) is 0 Å². The first kappa shape index (κ1) is 21.2. The number of unbranched alkanes of at least 4 members (excludes halogenated alkanes) is 6. The second kappa shape index (κ2) is 13.5. The fraction of sp³-hybridized carbons (Fsp3) is 0.636. The smallest absolute Gasteiger partial charge is 0.0880 e. The minimum absolute atomic E-state index is 0.897. The van der Waals surface area contributed by atoms with Crippen molar-refractivity contribution in [2.45, 2.75) is 71.6 Å². The average Bonchev–Trinajstić information content (AvgIpc) is 2.61. The van der Waals surface area contributed by atoms with Gasteiger partial charge in [-0.25, -0.2) is 0 Å². The summed E-state index contributed by atoms with van der Waals surface area (Å²) in [6, 6.07) is 10.4. The fourth-order valence-electron chi connectivity index (χ4n) is 3.08. The Labute approximate surface area is 150 Å². The van der Waals surface area contributed by atoms with Gasteiger partial charge in [0.2, 0.25) is 0 Å². The van der Waals surface area contributed by atoms with Gasteiger partial charge in [-0.2, -0.15) is 0 Å². The van der Waals surface area contributed by atoms with Gasteiger partial charge in [-0.1, -0.05) is 94.9 Å². The lowest BCUT2D eigenvalue weighted by Crippen LogP contribution is -2.01. The normalized spacial score (nSPS) is 12.1. The van der Waals surface area contributed by atoms with E-state index in [1.54, 1.807) is 0 Å². The number of benzene rings is 1. The first-order valence-electron chi connectivity index (χ1n) is 9.99. The molecule has 2 heteroatoms. The molecule has 0 saturated carbocycles. The summed E-state index contributed by atoms with van der Waals surface area (Å²) >= 11 is 0. The summed E-state index contributed by atoms with van der Waals surface area (Å²) in [4.78, 5) is 0. The Morgan fingerprint density at radius 1 is 0.792 bits per heavy atom. The van der Waals surface area contributed by atoms with E-state index in [-0.39, 0.29) is 0 Å². The van der Waals surface area contributed by atoms with E-state index >= 15 is 0 Å². The molecule has 0 spiro atoms. The quantitative estimate of drug-likeness (QED) is 0.250. The molecule has 24 heavy (non-hydrogen) atoms. The van der Waals surface area contributed by atoms with Crippen LogP contribution in [0.3, 0.4) is 0 Å². The van der Waals surface area contributed by atoms with Gasteiger partial charge in [0, 0.05) is 18.5 Å². The average molecular weight is 349 g/mol. The van der Waals surface area contributed by atoms with Crippen molar-refractivity contribution in [2.75, 3.05) is 18.5 Å². The predicted octanol–water partition coefficient (Wildman–Crippen LogP) is 7.61. The van der Waals surface area contributed by atoms with E-state index < -0.39 is 7.14 Å². The standard InChI is InChI=1S/C22H37OP/c1-3-5-7-13-19-24(23,20-14-8-6-4-2)21-15-12-18-22-16-10-9-11-17-22/h9-12,16-18H,3-8,13-15,19-21H2,1-2H3. The van der Waals surface area contributed by atoms with E-state index in [0.717, 1.165) is 37.7 Å². The lowest BCUT2D eigenvalue weighted by Gasteiger charge is -2.17. The number of hydrogen-bond donors (Lipinski definition) is 0. The van der Waals surface area contributed by atoms with Crippen LogP contribution in [-0.2, 0) is 4.57 Å². The highest BCUT2D eigenvalue weighted by Gasteiger charge is 2.20. The topological polar surface area (TPSA) is 17.1 Å². The molecule has 0 heterocycles. The molecule has 0 fully saturated rings. The molecule has 0 aliphatic carbocycles. The van der Waals surface area contributed by atoms with Crippen LogP contribution in [-0.4, -0.2) is 18.5 Å². The molecule has 136 valence electrons. The fourth-order valence-corrected chi connectivity index (χ4v) is 5.97. The SMILES string of the molecule is CCCCCCP(=O)(CCC=Cc1ccccc1)CCCCCC. The van der Waals surface area contributed by atoms with Crippen LogP contribution in [0.2, 0.25) is 0 Å². The van der Waals surface area contributed by atoms with Gasteiger partial charge in [0.05, 0.1) is 7.14 Å². The summed E-state index contributed by atoms with van der Waals surface area (Å²) in [6.45, 7) is 4.47. The lowest BCUT2D eigenvalue weighted by atomic mass is 10.2. The van der Waals surface area contributed by atoms with Crippen molar-refractivity contribution in [2.24, 2.45) is 0 Å². The molecule has 0 bridgehead atoms. The van der Waals surface area contributed by atoms with Crippen molar-refractivity contribution < 1.29 is 4.57 Å². The van der Waals surface area contributed by atoms with Crippen LogP contribution in [0.5, 0.6) is 0 Å². The number of rotatable bonds is 14. The molecule has 1 aromatic rings. The van der Waals surface area contributed by atoms with Crippen LogP contribution in [0, 0.1) is 0 Å². The Morgan fingerprint density at radius 3 is 1.92 bits per heavy atom. The van der Waals surface area contributed by atoms with E-state index in [1.165, 1.54) is 44.1 Å². The molecule has 0 aliphatic rings. The van der Waals surface area contributed by atoms with E-state index in [9.17, 15) is 4.57 Å². The Morgan fingerprint density at radius 2 is 1.38 bits per heavy atom. The summed E-state index contributed by atoms with van der Waals surface area (Å²) in [5.41, 5.74) is 1.23. The zero-order chi connectivity index (χ0) is 17.5. The highest BCUT2D eigenvalue weighted by molar-refractivity contribution is 7.63. The number of hydrogen-bond acceptors (Lipinski definition) is 1. The third-order valence-electron chi connectivity index (χ3n) is 4.65. The van der Waals surface area contributed by atoms with Crippen LogP contribution in [0.15, 0.2) is 36.4 Å². The van der Waals surface area contributed by atoms with Crippen LogP contribution >= 0.6 is 7.14 Å². The molecule has 1 nitrogen and oxygen atoms in total. The first-order valence-corrected chi connectivity index (χ1v) is 12.2. The molecule has 0 N–H and O–H groups in total. The highest BCUT2D eigenvalue weighted by atomic mass is 31.2. The maximum Gasteiger partial charge on any atom is 0.0880 e. The van der Waals surface area contributed by atoms with E-state index in [2.05, 4.69) is 50.3 Å². The van der Waals surface area contributed by atoms with Crippen molar-refractivity contribution >= 4 is 13.2 Å². The van der Waals surface area contributed by atoms with Gasteiger partial charge in [-0.15, -0.1) is 0 Å². The van der Waals surface area contributed by atoms with Crippen molar-refractivity contribution in [1.29, 1.82) is 0 Å². The van der Waals surface area contributed by atoms with Gasteiger partial charge in [-0.05, 0) is 24.8 Å². The third kappa shape index (κ3) is 10.1. The van der Waals surface area contributed by atoms with Crippen molar-refractivity contribution in [1.82, 2.24) is 0 Å². The van der Waals surface area contributed by atoms with E-state index in [0.29, 0.717) is 0 Å². The second-order valence-corrected chi connectivity index (χ2v) is 10.4. The minimum atomic E-state index is -1.97. The van der Waals surface area contributed by atoms with Gasteiger partial charge in [-0.3, -0.25) is 0 Å². The van der Waals surface area contributed by atoms with Crippen LogP contribution in [0.4, 0.5) is 0 Å². The monoisotopic (exact) mass is 348 g/mol. The lowest BCUT2D eigenvalue weighted by molar-refractivity contribution is 0.565. The largest absolute Gasteiger partial charge is 0.324 e. The minimum Gasteiger partial charge on any atom is -0.324 e. The van der Waals surface area contributed by atoms with Gasteiger partial charge < -0.3 is 4.57 Å². The highest BCUT2D eigenvalue weighted by Crippen LogP contribution is 2.48. The summed E-state index contributed by atoms with van der Waals surface area (Å²) in [7, 11) is -1.97. The molecule has 0 atom stereocenters. The summed E-state index contributed by atoms with van der Waals surface area (Å²) in [5.74, 6) is 0. The van der Waals surface area contributed by atoms with Crippen molar-refractivity contribution in [3.05, 3.63) is 42.0 Å². The van der Waals surface area contributed by atoms with Crippen molar-refractivity contribution in [3.8, 4) is 0 Å². The molecule has 0 aromatic heterocycles. The Hall–Kier alpha value is -0.810. The Kier molecular flexibility index (Phi) is 11.9. The van der Waals surface area contributed by atoms with Crippen LogP contribution in [0.25, 0.3) is 6.08 Å². The maximum atomic E-state index is 13.3. The van der Waals surface area contributed by atoms with Gasteiger partial charge >= 0.3 is 0 Å². The zero-order valence-electron chi connectivity index (χ0n) is 15.9. The Bertz CT molecular complexity index is 462. The number of allylic oxidation sites excluding steroid dienone is 1.